The van der Waals surface area contributed by atoms with Crippen molar-refractivity contribution in [3.63, 3.8) is 0 Å². The first-order chi connectivity index (χ1) is 11.1. The number of hydrogen-bond acceptors (Lipinski definition) is 2. The van der Waals surface area contributed by atoms with Crippen molar-refractivity contribution in [2.24, 2.45) is 23.5 Å². The lowest BCUT2D eigenvalue weighted by Crippen LogP contribution is -2.49. The minimum absolute atomic E-state index is 0. The van der Waals surface area contributed by atoms with Crippen molar-refractivity contribution in [1.82, 2.24) is 4.90 Å². The molecule has 0 heterocycles. The Kier molecular flexibility index (Phi) is 6.70. The second-order valence-electron chi connectivity index (χ2n) is 7.48. The number of nitrogens with zero attached hydrogens (tertiary/aromatic N) is 1. The molecule has 24 heavy (non-hydrogen) atoms. The van der Waals surface area contributed by atoms with Crippen LogP contribution in [0.3, 0.4) is 0 Å². The van der Waals surface area contributed by atoms with Crippen molar-refractivity contribution in [1.29, 1.82) is 0 Å². The lowest BCUT2D eigenvalue weighted by atomic mass is 9.65. The molecule has 4 heteroatoms. The van der Waals surface area contributed by atoms with Crippen molar-refractivity contribution in [3.8, 4) is 0 Å². The van der Waals surface area contributed by atoms with Crippen LogP contribution in [0.2, 0.25) is 0 Å². The van der Waals surface area contributed by atoms with Crippen LogP contribution in [0.4, 0.5) is 0 Å². The SMILES string of the molecule is CCN(Cc1ccccc1C)C(=O)C1CC2CCCC(C1)C2N.Cl. The Bertz CT molecular complexity index is 548. The first-order valence-corrected chi connectivity index (χ1v) is 9.19. The summed E-state index contributed by atoms with van der Waals surface area (Å²) in [5, 5.41) is 0. The zero-order valence-corrected chi connectivity index (χ0v) is 15.7. The molecule has 2 bridgehead atoms. The van der Waals surface area contributed by atoms with Gasteiger partial charge in [0.15, 0.2) is 0 Å². The highest BCUT2D eigenvalue weighted by atomic mass is 35.5. The molecular weight excluding hydrogens is 320 g/mol. The van der Waals surface area contributed by atoms with Gasteiger partial charge < -0.3 is 10.6 Å². The topological polar surface area (TPSA) is 46.3 Å². The van der Waals surface area contributed by atoms with Gasteiger partial charge in [-0.05, 0) is 62.5 Å². The van der Waals surface area contributed by atoms with Crippen LogP contribution in [0.25, 0.3) is 0 Å². The van der Waals surface area contributed by atoms with Crippen LogP contribution >= 0.6 is 12.4 Å². The van der Waals surface area contributed by atoms with E-state index < -0.39 is 0 Å². The van der Waals surface area contributed by atoms with Gasteiger partial charge in [-0.2, -0.15) is 0 Å². The maximum absolute atomic E-state index is 13.1. The van der Waals surface area contributed by atoms with E-state index in [4.69, 9.17) is 5.73 Å². The number of fused-ring (bicyclic) bond motifs is 2. The fraction of sp³-hybridized carbons (Fsp3) is 0.650. The molecule has 2 N–H and O–H groups in total. The van der Waals surface area contributed by atoms with Crippen LogP contribution in [0.5, 0.6) is 0 Å². The molecule has 2 fully saturated rings. The Balaban J connectivity index is 0.00000208. The van der Waals surface area contributed by atoms with Gasteiger partial charge >= 0.3 is 0 Å². The summed E-state index contributed by atoms with van der Waals surface area (Å²) in [5.74, 6) is 1.66. The molecule has 0 aromatic heterocycles. The summed E-state index contributed by atoms with van der Waals surface area (Å²) in [6, 6.07) is 8.71. The number of rotatable bonds is 4. The van der Waals surface area contributed by atoms with E-state index in [-0.39, 0.29) is 18.3 Å². The van der Waals surface area contributed by atoms with Crippen LogP contribution in [0.15, 0.2) is 24.3 Å². The Labute approximate surface area is 152 Å². The van der Waals surface area contributed by atoms with E-state index in [1.165, 1.54) is 30.4 Å². The van der Waals surface area contributed by atoms with Crippen molar-refractivity contribution in [3.05, 3.63) is 35.4 Å². The molecule has 3 nitrogen and oxygen atoms in total. The Morgan fingerprint density at radius 1 is 1.21 bits per heavy atom. The summed E-state index contributed by atoms with van der Waals surface area (Å²) in [7, 11) is 0. The molecule has 0 radical (unpaired) electrons. The first kappa shape index (κ1) is 19.3. The summed E-state index contributed by atoms with van der Waals surface area (Å²) in [6.45, 7) is 5.73. The fourth-order valence-electron chi connectivity index (χ4n) is 4.59. The Morgan fingerprint density at radius 2 is 1.83 bits per heavy atom. The number of benzene rings is 1. The van der Waals surface area contributed by atoms with Crippen molar-refractivity contribution >= 4 is 18.3 Å². The number of carbonyl (C=O) groups is 1. The third-order valence-electron chi connectivity index (χ3n) is 6.08. The fourth-order valence-corrected chi connectivity index (χ4v) is 4.59. The van der Waals surface area contributed by atoms with Crippen LogP contribution in [-0.4, -0.2) is 23.4 Å². The minimum Gasteiger partial charge on any atom is -0.338 e. The molecule has 2 aliphatic carbocycles. The monoisotopic (exact) mass is 350 g/mol. The van der Waals surface area contributed by atoms with Crippen LogP contribution < -0.4 is 5.73 Å². The molecule has 2 atom stereocenters. The quantitative estimate of drug-likeness (QED) is 0.894. The van der Waals surface area contributed by atoms with Gasteiger partial charge in [-0.25, -0.2) is 0 Å². The Hall–Kier alpha value is -1.06. The molecule has 3 rings (SSSR count). The molecule has 0 aliphatic heterocycles. The number of amides is 1. The maximum atomic E-state index is 13.1. The summed E-state index contributed by atoms with van der Waals surface area (Å²) >= 11 is 0. The van der Waals surface area contributed by atoms with Crippen LogP contribution in [-0.2, 0) is 11.3 Å². The van der Waals surface area contributed by atoms with Gasteiger partial charge in [0.25, 0.3) is 0 Å². The zero-order valence-electron chi connectivity index (χ0n) is 14.9. The summed E-state index contributed by atoms with van der Waals surface area (Å²) in [4.78, 5) is 15.1. The minimum atomic E-state index is 0. The summed E-state index contributed by atoms with van der Waals surface area (Å²) in [6.07, 6.45) is 5.73. The molecule has 2 unspecified atom stereocenters. The third kappa shape index (κ3) is 3.94. The van der Waals surface area contributed by atoms with E-state index in [1.807, 2.05) is 4.90 Å². The number of halogens is 1. The predicted molar refractivity (Wildman–Crippen MR) is 101 cm³/mol. The van der Waals surface area contributed by atoms with Gasteiger partial charge in [0.05, 0.1) is 0 Å². The van der Waals surface area contributed by atoms with E-state index in [0.717, 1.165) is 25.9 Å². The number of hydrogen-bond donors (Lipinski definition) is 1. The van der Waals surface area contributed by atoms with Crippen LogP contribution in [0.1, 0.15) is 50.2 Å². The molecule has 2 aliphatic rings. The highest BCUT2D eigenvalue weighted by molar-refractivity contribution is 5.85. The lowest BCUT2D eigenvalue weighted by molar-refractivity contribution is -0.139. The van der Waals surface area contributed by atoms with Crippen LogP contribution in [0, 0.1) is 24.7 Å². The third-order valence-corrected chi connectivity index (χ3v) is 6.08. The molecule has 2 saturated carbocycles. The molecule has 0 saturated heterocycles. The highest BCUT2D eigenvalue weighted by Crippen LogP contribution is 2.42. The van der Waals surface area contributed by atoms with Gasteiger partial charge in [-0.15, -0.1) is 12.4 Å². The number of aryl methyl sites for hydroxylation is 1. The standard InChI is InChI=1S/C20H30N2O.ClH/c1-3-22(13-17-8-5-4-7-14(17)2)20(23)18-11-15-9-6-10-16(12-18)19(15)21;/h4-5,7-8,15-16,18-19H,3,6,9-13,21H2,1-2H3;1H. The number of carbonyl (C=O) groups excluding carboxylic acids is 1. The van der Waals surface area contributed by atoms with E-state index in [9.17, 15) is 4.79 Å². The molecule has 0 spiro atoms. The Morgan fingerprint density at radius 3 is 2.42 bits per heavy atom. The molecule has 1 aromatic carbocycles. The van der Waals surface area contributed by atoms with Crippen molar-refractivity contribution in [2.75, 3.05) is 6.54 Å². The second-order valence-corrected chi connectivity index (χ2v) is 7.48. The van der Waals surface area contributed by atoms with Crippen molar-refractivity contribution < 1.29 is 4.79 Å². The van der Waals surface area contributed by atoms with Gasteiger partial charge in [-0.1, -0.05) is 30.7 Å². The maximum Gasteiger partial charge on any atom is 0.225 e. The van der Waals surface area contributed by atoms with E-state index in [1.54, 1.807) is 0 Å². The first-order valence-electron chi connectivity index (χ1n) is 9.19. The lowest BCUT2D eigenvalue weighted by Gasteiger charge is -2.44. The van der Waals surface area contributed by atoms with Gasteiger partial charge in [0.1, 0.15) is 0 Å². The van der Waals surface area contributed by atoms with Gasteiger partial charge in [0.2, 0.25) is 5.91 Å². The largest absolute Gasteiger partial charge is 0.338 e. The summed E-state index contributed by atoms with van der Waals surface area (Å²) in [5.41, 5.74) is 8.90. The molecule has 1 amide bonds. The highest BCUT2D eigenvalue weighted by Gasteiger charge is 2.41. The van der Waals surface area contributed by atoms with Gasteiger partial charge in [-0.3, -0.25) is 4.79 Å². The predicted octanol–water partition coefficient (Wildman–Crippen LogP) is 3.92. The molecule has 1 aromatic rings. The average molecular weight is 351 g/mol. The molecule has 134 valence electrons. The normalized spacial score (nSPS) is 28.8. The second kappa shape index (κ2) is 8.35. The smallest absolute Gasteiger partial charge is 0.225 e. The van der Waals surface area contributed by atoms with E-state index in [0.29, 0.717) is 23.8 Å². The zero-order chi connectivity index (χ0) is 16.4. The summed E-state index contributed by atoms with van der Waals surface area (Å²) < 4.78 is 0. The van der Waals surface area contributed by atoms with Gasteiger partial charge in [0, 0.05) is 25.0 Å². The number of nitrogens with two attached hydrogens (primary N) is 1. The van der Waals surface area contributed by atoms with E-state index in [2.05, 4.69) is 38.1 Å². The van der Waals surface area contributed by atoms with Crippen molar-refractivity contribution in [2.45, 2.75) is 58.5 Å². The van der Waals surface area contributed by atoms with E-state index >= 15 is 0 Å². The molecular formula is C20H31ClN2O. The average Bonchev–Trinajstić information content (AvgIpc) is 2.53.